The first-order valence-corrected chi connectivity index (χ1v) is 8.32. The summed E-state index contributed by atoms with van der Waals surface area (Å²) in [5.41, 5.74) is 3.00. The average Bonchev–Trinajstić information content (AvgIpc) is 2.81. The molecule has 1 heterocycles. The lowest BCUT2D eigenvalue weighted by atomic mass is 10.0. The second kappa shape index (κ2) is 6.96. The van der Waals surface area contributed by atoms with Gasteiger partial charge in [0.25, 0.3) is 11.0 Å². The highest BCUT2D eigenvalue weighted by molar-refractivity contribution is 7.98. The average molecular weight is 322 g/mol. The molecule has 0 saturated heterocycles. The van der Waals surface area contributed by atoms with E-state index in [1.165, 1.54) is 0 Å². The Morgan fingerprint density at radius 3 is 2.48 bits per heavy atom. The van der Waals surface area contributed by atoms with E-state index in [2.05, 4.69) is 0 Å². The van der Waals surface area contributed by atoms with Crippen LogP contribution in [0.4, 0.5) is 0 Å². The molecule has 0 aliphatic heterocycles. The number of carbonyl (C=O) groups is 2. The van der Waals surface area contributed by atoms with Crippen LogP contribution in [0.15, 0.2) is 36.4 Å². The van der Waals surface area contributed by atoms with Gasteiger partial charge in [-0.25, -0.2) is 0 Å². The van der Waals surface area contributed by atoms with Crippen molar-refractivity contribution in [3.05, 3.63) is 47.8 Å². The molecule has 2 aromatic rings. The normalized spacial score (nSPS) is 10.6. The molecule has 5 heteroatoms. The third kappa shape index (κ3) is 3.39. The zero-order valence-electron chi connectivity index (χ0n) is 11.9. The first-order valence-electron chi connectivity index (χ1n) is 6.55. The Bertz CT molecular complexity index is 664. The van der Waals surface area contributed by atoms with Crippen molar-refractivity contribution in [2.45, 2.75) is 13.5 Å². The van der Waals surface area contributed by atoms with Gasteiger partial charge in [-0.1, -0.05) is 30.3 Å². The molecule has 1 aromatic heterocycles. The van der Waals surface area contributed by atoms with E-state index in [0.717, 1.165) is 22.6 Å². The summed E-state index contributed by atoms with van der Waals surface area (Å²) in [6, 6.07) is 11.5. The van der Waals surface area contributed by atoms with Crippen LogP contribution in [0.3, 0.4) is 0 Å². The molecule has 0 atom stereocenters. The Labute approximate surface area is 133 Å². The van der Waals surface area contributed by atoms with Gasteiger partial charge in [-0.3, -0.25) is 9.59 Å². The fourth-order valence-electron chi connectivity index (χ4n) is 2.32. The van der Waals surface area contributed by atoms with Crippen LogP contribution in [0, 0.1) is 6.92 Å². The third-order valence-electron chi connectivity index (χ3n) is 3.30. The summed E-state index contributed by atoms with van der Waals surface area (Å²) < 4.78 is 1.88. The highest BCUT2D eigenvalue weighted by Gasteiger charge is 2.24. The molecule has 3 nitrogen and oxygen atoms in total. The van der Waals surface area contributed by atoms with Gasteiger partial charge in [0.05, 0.1) is 0 Å². The van der Waals surface area contributed by atoms with Crippen LogP contribution >= 0.6 is 23.4 Å². The molecule has 0 spiro atoms. The highest BCUT2D eigenvalue weighted by atomic mass is 35.5. The minimum atomic E-state index is -0.948. The monoisotopic (exact) mass is 321 g/mol. The third-order valence-corrected chi connectivity index (χ3v) is 4.06. The van der Waals surface area contributed by atoms with Crippen LogP contribution in [0.1, 0.15) is 16.2 Å². The van der Waals surface area contributed by atoms with E-state index in [4.69, 9.17) is 11.6 Å². The van der Waals surface area contributed by atoms with Crippen molar-refractivity contribution in [2.75, 3.05) is 12.0 Å². The molecule has 0 radical (unpaired) electrons. The molecule has 0 saturated carbocycles. The topological polar surface area (TPSA) is 39.1 Å². The van der Waals surface area contributed by atoms with Gasteiger partial charge < -0.3 is 4.57 Å². The number of aromatic nitrogens is 1. The first-order chi connectivity index (χ1) is 10.1. The van der Waals surface area contributed by atoms with Crippen molar-refractivity contribution in [3.63, 3.8) is 0 Å². The van der Waals surface area contributed by atoms with E-state index in [1.807, 2.05) is 54.1 Å². The zero-order valence-corrected chi connectivity index (χ0v) is 13.5. The number of halogens is 1. The Morgan fingerprint density at radius 2 is 1.90 bits per heavy atom. The summed E-state index contributed by atoms with van der Waals surface area (Å²) in [6.45, 7) is 2.60. The van der Waals surface area contributed by atoms with E-state index in [0.29, 0.717) is 12.2 Å². The highest BCUT2D eigenvalue weighted by Crippen LogP contribution is 2.28. The molecule has 110 valence electrons. The van der Waals surface area contributed by atoms with Crippen molar-refractivity contribution in [2.24, 2.45) is 0 Å². The number of rotatable bonds is 6. The molecule has 2 rings (SSSR count). The molecule has 0 unspecified atom stereocenters. The number of nitrogens with zero attached hydrogens (tertiary/aromatic N) is 1. The lowest BCUT2D eigenvalue weighted by molar-refractivity contribution is -0.108. The van der Waals surface area contributed by atoms with Crippen molar-refractivity contribution in [1.82, 2.24) is 4.57 Å². The summed E-state index contributed by atoms with van der Waals surface area (Å²) in [6.07, 6.45) is 2.01. The number of hydrogen-bond acceptors (Lipinski definition) is 3. The number of thioether (sulfide) groups is 1. The molecule has 0 N–H and O–H groups in total. The summed E-state index contributed by atoms with van der Waals surface area (Å²) in [5.74, 6) is 0.213. The van der Waals surface area contributed by atoms with Gasteiger partial charge in [0.1, 0.15) is 5.69 Å². The van der Waals surface area contributed by atoms with Gasteiger partial charge >= 0.3 is 0 Å². The van der Waals surface area contributed by atoms with Crippen molar-refractivity contribution in [1.29, 1.82) is 0 Å². The van der Waals surface area contributed by atoms with Crippen molar-refractivity contribution < 1.29 is 9.59 Å². The summed E-state index contributed by atoms with van der Waals surface area (Å²) in [5, 5.41) is -0.948. The fourth-order valence-corrected chi connectivity index (χ4v) is 2.78. The van der Waals surface area contributed by atoms with Gasteiger partial charge in [0, 0.05) is 23.6 Å². The van der Waals surface area contributed by atoms with Gasteiger partial charge in [-0.2, -0.15) is 11.8 Å². The van der Waals surface area contributed by atoms with E-state index in [1.54, 1.807) is 11.8 Å². The fraction of sp³-hybridized carbons (Fsp3) is 0.250. The number of carbonyl (C=O) groups excluding carboxylic acids is 2. The number of hydrogen-bond donors (Lipinski definition) is 0. The molecular weight excluding hydrogens is 306 g/mol. The molecule has 0 amide bonds. The lowest BCUT2D eigenvalue weighted by Gasteiger charge is -2.10. The van der Waals surface area contributed by atoms with Crippen LogP contribution in [0.2, 0.25) is 0 Å². The Kier molecular flexibility index (Phi) is 5.26. The summed E-state index contributed by atoms with van der Waals surface area (Å²) in [7, 11) is 0. The predicted molar refractivity (Wildman–Crippen MR) is 88.2 cm³/mol. The van der Waals surface area contributed by atoms with Crippen LogP contribution in [-0.2, 0) is 11.3 Å². The van der Waals surface area contributed by atoms with E-state index < -0.39 is 11.0 Å². The molecule has 1 aromatic carbocycles. The maximum atomic E-state index is 12.2. The summed E-state index contributed by atoms with van der Waals surface area (Å²) in [4.78, 5) is 23.6. The van der Waals surface area contributed by atoms with Gasteiger partial charge in [0.2, 0.25) is 0 Å². The molecule has 21 heavy (non-hydrogen) atoms. The van der Waals surface area contributed by atoms with Crippen molar-refractivity contribution >= 4 is 34.4 Å². The van der Waals surface area contributed by atoms with E-state index >= 15 is 0 Å². The largest absolute Gasteiger partial charge is 0.341 e. The SMILES string of the molecule is CSCCn1c(C)cc(-c2ccccc2)c1C(=O)C(=O)Cl. The van der Waals surface area contributed by atoms with Crippen LogP contribution in [0.5, 0.6) is 0 Å². The smallest absolute Gasteiger partial charge is 0.294 e. The maximum Gasteiger partial charge on any atom is 0.294 e. The van der Waals surface area contributed by atoms with E-state index in [9.17, 15) is 9.59 Å². The first kappa shape index (κ1) is 15.9. The zero-order chi connectivity index (χ0) is 15.4. The Morgan fingerprint density at radius 1 is 1.24 bits per heavy atom. The van der Waals surface area contributed by atoms with E-state index in [-0.39, 0.29) is 0 Å². The Hall–Kier alpha value is -1.52. The lowest BCUT2D eigenvalue weighted by Crippen LogP contribution is -2.17. The number of Topliss-reactive ketones (excluding diaryl/α,β-unsaturated/α-hetero) is 1. The van der Waals surface area contributed by atoms with Crippen LogP contribution < -0.4 is 0 Å². The minimum Gasteiger partial charge on any atom is -0.341 e. The molecule has 0 aliphatic rings. The minimum absolute atomic E-state index is 0.382. The quantitative estimate of drug-likeness (QED) is 0.462. The van der Waals surface area contributed by atoms with Crippen LogP contribution in [0.25, 0.3) is 11.1 Å². The second-order valence-electron chi connectivity index (χ2n) is 4.66. The predicted octanol–water partition coefficient (Wildman–Crippen LogP) is 3.77. The molecular formula is C16H16ClNO2S. The standard InChI is InChI=1S/C16H16ClNO2S/c1-11-10-13(12-6-4-3-5-7-12)14(15(19)16(17)20)18(11)8-9-21-2/h3-7,10H,8-9H2,1-2H3. The van der Waals surface area contributed by atoms with Gasteiger partial charge in [-0.15, -0.1) is 0 Å². The Balaban J connectivity index is 2.60. The number of benzene rings is 1. The van der Waals surface area contributed by atoms with Gasteiger partial charge in [-0.05, 0) is 36.4 Å². The van der Waals surface area contributed by atoms with Crippen molar-refractivity contribution in [3.8, 4) is 11.1 Å². The number of aryl methyl sites for hydroxylation is 1. The molecule has 0 fully saturated rings. The summed E-state index contributed by atoms with van der Waals surface area (Å²) >= 11 is 7.12. The van der Waals surface area contributed by atoms with Gasteiger partial charge in [0.15, 0.2) is 0 Å². The second-order valence-corrected chi connectivity index (χ2v) is 5.99. The maximum absolute atomic E-state index is 12.2. The molecule has 0 bridgehead atoms. The van der Waals surface area contributed by atoms with Crippen LogP contribution in [-0.4, -0.2) is 27.6 Å². The number of ketones is 1. The molecule has 0 aliphatic carbocycles.